The fourth-order valence-electron chi connectivity index (χ4n) is 1.98. The summed E-state index contributed by atoms with van der Waals surface area (Å²) in [5, 5.41) is 6.44. The van der Waals surface area contributed by atoms with Gasteiger partial charge in [-0.05, 0) is 43.7 Å². The quantitative estimate of drug-likeness (QED) is 0.901. The average molecular weight is 304 g/mol. The van der Waals surface area contributed by atoms with Crippen LogP contribution in [0.25, 0.3) is 0 Å². The molecule has 0 aliphatic rings. The normalized spacial score (nSPS) is 13.3. The van der Waals surface area contributed by atoms with Crippen molar-refractivity contribution in [3.8, 4) is 0 Å². The predicted octanol–water partition coefficient (Wildman–Crippen LogP) is 3.86. The van der Waals surface area contributed by atoms with E-state index in [-0.39, 0.29) is 18.1 Å². The molecule has 0 spiro atoms. The zero-order chi connectivity index (χ0) is 15.2. The number of carbonyl (C=O) groups is 1. The maximum atomic E-state index is 12.0. The van der Waals surface area contributed by atoms with Gasteiger partial charge in [0.2, 0.25) is 0 Å². The Hall–Kier alpha value is -2.07. The van der Waals surface area contributed by atoms with Crippen LogP contribution in [0.4, 0.5) is 4.79 Å². The second-order valence-corrected chi connectivity index (χ2v) is 5.30. The molecule has 21 heavy (non-hydrogen) atoms. The Bertz CT molecular complexity index is 586. The molecule has 2 N–H and O–H groups in total. The Labute approximate surface area is 129 Å². The molecule has 110 valence electrons. The van der Waals surface area contributed by atoms with Crippen LogP contribution in [0, 0.1) is 0 Å². The average Bonchev–Trinajstić information content (AvgIpc) is 2.48. The van der Waals surface area contributed by atoms with Crippen LogP contribution in [0.15, 0.2) is 48.7 Å². The van der Waals surface area contributed by atoms with Crippen molar-refractivity contribution in [2.24, 2.45) is 0 Å². The molecule has 0 saturated heterocycles. The van der Waals surface area contributed by atoms with E-state index in [9.17, 15) is 4.79 Å². The summed E-state index contributed by atoms with van der Waals surface area (Å²) in [5.74, 6) is 0. The van der Waals surface area contributed by atoms with Crippen LogP contribution in [0.2, 0.25) is 5.02 Å². The van der Waals surface area contributed by atoms with Crippen molar-refractivity contribution in [1.82, 2.24) is 15.6 Å². The molecule has 2 aromatic rings. The number of hydrogen-bond acceptors (Lipinski definition) is 2. The topological polar surface area (TPSA) is 54.0 Å². The highest BCUT2D eigenvalue weighted by atomic mass is 35.5. The number of benzene rings is 1. The smallest absolute Gasteiger partial charge is 0.315 e. The van der Waals surface area contributed by atoms with E-state index >= 15 is 0 Å². The minimum atomic E-state index is -0.226. The zero-order valence-electron chi connectivity index (χ0n) is 12.0. The number of amides is 2. The largest absolute Gasteiger partial charge is 0.332 e. The van der Waals surface area contributed by atoms with Gasteiger partial charge in [0.15, 0.2) is 0 Å². The highest BCUT2D eigenvalue weighted by molar-refractivity contribution is 6.30. The van der Waals surface area contributed by atoms with Crippen LogP contribution >= 0.6 is 11.6 Å². The molecule has 1 aromatic carbocycles. The number of hydrogen-bond donors (Lipinski definition) is 2. The molecule has 4 nitrogen and oxygen atoms in total. The SMILES string of the molecule is C[C@H](NC(=O)N[C@H](C)c1ccc(Cl)cc1)c1ccccn1. The number of nitrogens with one attached hydrogen (secondary N) is 2. The van der Waals surface area contributed by atoms with Crippen molar-refractivity contribution in [3.63, 3.8) is 0 Å². The summed E-state index contributed by atoms with van der Waals surface area (Å²) in [6.07, 6.45) is 1.71. The van der Waals surface area contributed by atoms with Crippen LogP contribution in [0.1, 0.15) is 37.2 Å². The van der Waals surface area contributed by atoms with Gasteiger partial charge < -0.3 is 10.6 Å². The van der Waals surface area contributed by atoms with Crippen LogP contribution in [0.5, 0.6) is 0 Å². The molecule has 2 atom stereocenters. The maximum absolute atomic E-state index is 12.0. The Morgan fingerprint density at radius 1 is 1.05 bits per heavy atom. The summed E-state index contributed by atoms with van der Waals surface area (Å²) < 4.78 is 0. The molecule has 0 bridgehead atoms. The van der Waals surface area contributed by atoms with E-state index in [4.69, 9.17) is 11.6 Å². The lowest BCUT2D eigenvalue weighted by Crippen LogP contribution is -2.38. The molecule has 1 aromatic heterocycles. The van der Waals surface area contributed by atoms with Crippen LogP contribution in [-0.2, 0) is 0 Å². The van der Waals surface area contributed by atoms with Crippen molar-refractivity contribution in [2.75, 3.05) is 0 Å². The van der Waals surface area contributed by atoms with Crippen molar-refractivity contribution >= 4 is 17.6 Å². The molecule has 0 unspecified atom stereocenters. The lowest BCUT2D eigenvalue weighted by Gasteiger charge is -2.18. The van der Waals surface area contributed by atoms with E-state index in [1.165, 1.54) is 0 Å². The number of aromatic nitrogens is 1. The van der Waals surface area contributed by atoms with Gasteiger partial charge in [-0.3, -0.25) is 4.98 Å². The van der Waals surface area contributed by atoms with Gasteiger partial charge in [-0.2, -0.15) is 0 Å². The second-order valence-electron chi connectivity index (χ2n) is 4.87. The van der Waals surface area contributed by atoms with Gasteiger partial charge in [0.05, 0.1) is 17.8 Å². The van der Waals surface area contributed by atoms with Crippen LogP contribution in [0.3, 0.4) is 0 Å². The molecular formula is C16H18ClN3O. The summed E-state index contributed by atoms with van der Waals surface area (Å²) in [6, 6.07) is 12.6. The molecule has 0 fully saturated rings. The van der Waals surface area contributed by atoms with E-state index in [0.717, 1.165) is 11.3 Å². The molecule has 2 amide bonds. The molecule has 0 aliphatic heterocycles. The zero-order valence-corrected chi connectivity index (χ0v) is 12.8. The molecule has 0 saturated carbocycles. The third kappa shape index (κ3) is 4.46. The Balaban J connectivity index is 1.91. The lowest BCUT2D eigenvalue weighted by atomic mass is 10.1. The number of carbonyl (C=O) groups excluding carboxylic acids is 1. The third-order valence-electron chi connectivity index (χ3n) is 3.20. The molecular weight excluding hydrogens is 286 g/mol. The summed E-state index contributed by atoms with van der Waals surface area (Å²) in [6.45, 7) is 3.82. The Morgan fingerprint density at radius 2 is 1.71 bits per heavy atom. The first-order valence-electron chi connectivity index (χ1n) is 6.79. The van der Waals surface area contributed by atoms with Gasteiger partial charge >= 0.3 is 6.03 Å². The molecule has 5 heteroatoms. The minimum Gasteiger partial charge on any atom is -0.332 e. The molecule has 2 rings (SSSR count). The van der Waals surface area contributed by atoms with Crippen molar-refractivity contribution in [3.05, 3.63) is 64.9 Å². The highest BCUT2D eigenvalue weighted by Gasteiger charge is 2.13. The monoisotopic (exact) mass is 303 g/mol. The van der Waals surface area contributed by atoms with Gasteiger partial charge in [0, 0.05) is 11.2 Å². The van der Waals surface area contributed by atoms with Crippen molar-refractivity contribution < 1.29 is 4.79 Å². The van der Waals surface area contributed by atoms with E-state index in [2.05, 4.69) is 15.6 Å². The first-order chi connectivity index (χ1) is 10.1. The van der Waals surface area contributed by atoms with E-state index in [0.29, 0.717) is 5.02 Å². The van der Waals surface area contributed by atoms with Crippen LogP contribution in [-0.4, -0.2) is 11.0 Å². The third-order valence-corrected chi connectivity index (χ3v) is 3.45. The first kappa shape index (κ1) is 15.3. The van der Waals surface area contributed by atoms with Crippen molar-refractivity contribution in [1.29, 1.82) is 0 Å². The lowest BCUT2D eigenvalue weighted by molar-refractivity contribution is 0.234. The fourth-order valence-corrected chi connectivity index (χ4v) is 2.10. The van der Waals surface area contributed by atoms with Gasteiger partial charge in [-0.15, -0.1) is 0 Å². The molecule has 0 radical (unpaired) electrons. The number of nitrogens with zero attached hydrogens (tertiary/aromatic N) is 1. The molecule has 0 aliphatic carbocycles. The Morgan fingerprint density at radius 3 is 2.33 bits per heavy atom. The fraction of sp³-hybridized carbons (Fsp3) is 0.250. The maximum Gasteiger partial charge on any atom is 0.315 e. The van der Waals surface area contributed by atoms with Crippen LogP contribution < -0.4 is 10.6 Å². The number of halogens is 1. The number of pyridine rings is 1. The van der Waals surface area contributed by atoms with Gasteiger partial charge in [-0.25, -0.2) is 4.79 Å². The predicted molar refractivity (Wildman–Crippen MR) is 84.2 cm³/mol. The van der Waals surface area contributed by atoms with E-state index in [1.807, 2.05) is 56.3 Å². The summed E-state index contributed by atoms with van der Waals surface area (Å²) in [4.78, 5) is 16.2. The van der Waals surface area contributed by atoms with Gasteiger partial charge in [0.1, 0.15) is 0 Å². The summed E-state index contributed by atoms with van der Waals surface area (Å²) in [7, 11) is 0. The minimum absolute atomic E-state index is 0.0989. The number of urea groups is 1. The van der Waals surface area contributed by atoms with E-state index in [1.54, 1.807) is 6.20 Å². The summed E-state index contributed by atoms with van der Waals surface area (Å²) >= 11 is 5.85. The summed E-state index contributed by atoms with van der Waals surface area (Å²) in [5.41, 5.74) is 1.83. The number of rotatable bonds is 4. The van der Waals surface area contributed by atoms with Gasteiger partial charge in [-0.1, -0.05) is 29.8 Å². The molecule has 1 heterocycles. The Kier molecular flexibility index (Phi) is 5.17. The first-order valence-corrected chi connectivity index (χ1v) is 7.17. The second kappa shape index (κ2) is 7.09. The van der Waals surface area contributed by atoms with Gasteiger partial charge in [0.25, 0.3) is 0 Å². The standard InChI is InChI=1S/C16H18ClN3O/c1-11(13-6-8-14(17)9-7-13)19-16(21)20-12(2)15-5-3-4-10-18-15/h3-12H,1-2H3,(H2,19,20,21)/t11-,12+/m1/s1. The van der Waals surface area contributed by atoms with Crippen molar-refractivity contribution in [2.45, 2.75) is 25.9 Å². The highest BCUT2D eigenvalue weighted by Crippen LogP contribution is 2.16. The van der Waals surface area contributed by atoms with E-state index < -0.39 is 0 Å².